The topological polar surface area (TPSA) is 72.3 Å². The van der Waals surface area contributed by atoms with E-state index in [1.54, 1.807) is 23.3 Å². The number of rotatable bonds is 4. The number of amides is 1. The number of carbonyl (C=O) groups is 1. The smallest absolute Gasteiger partial charge is 0.223 e. The third-order valence-electron chi connectivity index (χ3n) is 5.06. The lowest BCUT2D eigenvalue weighted by atomic mass is 9.95. The van der Waals surface area contributed by atoms with Gasteiger partial charge >= 0.3 is 0 Å². The molecule has 4 rings (SSSR count). The molecular weight excluding hydrogens is 354 g/mol. The second-order valence-corrected chi connectivity index (χ2v) is 7.23. The van der Waals surface area contributed by atoms with Crippen LogP contribution in [-0.2, 0) is 9.53 Å². The van der Waals surface area contributed by atoms with E-state index in [4.69, 9.17) is 16.3 Å². The van der Waals surface area contributed by atoms with Crippen LogP contribution in [0.15, 0.2) is 30.9 Å². The number of halogens is 1. The molecule has 1 atom stereocenters. The molecule has 0 aromatic carbocycles. The minimum Gasteiger partial charge on any atom is -0.379 e. The molecule has 2 aromatic heterocycles. The molecular formula is C18H22ClN5O2. The number of nitrogens with zero attached hydrogens (tertiary/aromatic N) is 4. The summed E-state index contributed by atoms with van der Waals surface area (Å²) in [5.41, 5.74) is 1.95. The number of pyridine rings is 1. The van der Waals surface area contributed by atoms with Crippen LogP contribution in [0.2, 0.25) is 5.02 Å². The third kappa shape index (κ3) is 3.68. The number of nitrogens with one attached hydrogen (secondary N) is 1. The van der Waals surface area contributed by atoms with Gasteiger partial charge in [0.15, 0.2) is 0 Å². The largest absolute Gasteiger partial charge is 0.379 e. The Morgan fingerprint density at radius 2 is 2.08 bits per heavy atom. The third-order valence-corrected chi connectivity index (χ3v) is 5.25. The number of hydrogen-bond donors (Lipinski definition) is 1. The Morgan fingerprint density at radius 3 is 2.77 bits per heavy atom. The van der Waals surface area contributed by atoms with E-state index >= 15 is 0 Å². The highest BCUT2D eigenvalue weighted by molar-refractivity contribution is 6.30. The normalized spacial score (nSPS) is 21.1. The number of carbonyl (C=O) groups excluding carboxylic acids is 1. The van der Waals surface area contributed by atoms with Gasteiger partial charge in [0.1, 0.15) is 0 Å². The Morgan fingerprint density at radius 1 is 1.23 bits per heavy atom. The predicted octanol–water partition coefficient (Wildman–Crippen LogP) is 2.04. The number of piperidine rings is 1. The fourth-order valence-electron chi connectivity index (χ4n) is 3.60. The molecule has 1 amide bonds. The van der Waals surface area contributed by atoms with Gasteiger partial charge in [0.25, 0.3) is 0 Å². The van der Waals surface area contributed by atoms with Crippen molar-refractivity contribution in [2.24, 2.45) is 5.92 Å². The molecule has 2 saturated heterocycles. The molecule has 1 N–H and O–H groups in total. The molecule has 138 valence electrons. The predicted molar refractivity (Wildman–Crippen MR) is 98.7 cm³/mol. The first-order valence-electron chi connectivity index (χ1n) is 8.98. The first-order valence-corrected chi connectivity index (χ1v) is 9.36. The fourth-order valence-corrected chi connectivity index (χ4v) is 3.73. The lowest BCUT2D eigenvalue weighted by Crippen LogP contribution is -2.44. The molecule has 0 bridgehead atoms. The Bertz CT molecular complexity index is 766. The molecule has 0 unspecified atom stereocenters. The van der Waals surface area contributed by atoms with Gasteiger partial charge < -0.3 is 15.0 Å². The van der Waals surface area contributed by atoms with Crippen LogP contribution < -0.4 is 10.2 Å². The van der Waals surface area contributed by atoms with Crippen molar-refractivity contribution < 1.29 is 9.53 Å². The quantitative estimate of drug-likeness (QED) is 0.885. The molecule has 2 aliphatic heterocycles. The number of hydrogen-bond acceptors (Lipinski definition) is 5. The molecule has 4 heterocycles. The number of aromatic nitrogens is 3. The summed E-state index contributed by atoms with van der Waals surface area (Å²) in [6.07, 6.45) is 9.57. The Kier molecular flexibility index (Phi) is 5.08. The van der Waals surface area contributed by atoms with E-state index in [9.17, 15) is 4.79 Å². The van der Waals surface area contributed by atoms with E-state index in [0.29, 0.717) is 11.6 Å². The maximum atomic E-state index is 12.5. The highest BCUT2D eigenvalue weighted by Crippen LogP contribution is 2.28. The van der Waals surface area contributed by atoms with E-state index in [1.165, 1.54) is 0 Å². The monoisotopic (exact) mass is 375 g/mol. The van der Waals surface area contributed by atoms with Crippen molar-refractivity contribution in [3.05, 3.63) is 35.9 Å². The average molecular weight is 376 g/mol. The molecule has 0 radical (unpaired) electrons. The molecule has 0 saturated carbocycles. The van der Waals surface area contributed by atoms with Crippen LogP contribution in [0.4, 0.5) is 5.69 Å². The van der Waals surface area contributed by atoms with Crippen LogP contribution in [-0.4, -0.2) is 53.0 Å². The van der Waals surface area contributed by atoms with Gasteiger partial charge in [-0.25, -0.2) is 4.68 Å². The summed E-state index contributed by atoms with van der Waals surface area (Å²) >= 11 is 6.01. The van der Waals surface area contributed by atoms with Gasteiger partial charge in [-0.2, -0.15) is 5.10 Å². The van der Waals surface area contributed by atoms with Crippen LogP contribution in [0, 0.1) is 5.92 Å². The SMILES string of the molecule is O=C(N[C@@H]1CCOC1)C1CCN(c2cnccc2-n2cc(Cl)cn2)CC1. The molecule has 0 aliphatic carbocycles. The van der Waals surface area contributed by atoms with Crippen molar-refractivity contribution in [3.63, 3.8) is 0 Å². The van der Waals surface area contributed by atoms with Crippen molar-refractivity contribution >= 4 is 23.2 Å². The molecule has 0 spiro atoms. The Hall–Kier alpha value is -2.12. The Labute approximate surface area is 157 Å². The molecule has 2 aliphatic rings. The van der Waals surface area contributed by atoms with Crippen molar-refractivity contribution in [2.75, 3.05) is 31.2 Å². The summed E-state index contributed by atoms with van der Waals surface area (Å²) < 4.78 is 7.09. The van der Waals surface area contributed by atoms with Crippen molar-refractivity contribution in [3.8, 4) is 5.69 Å². The van der Waals surface area contributed by atoms with E-state index in [-0.39, 0.29) is 17.9 Å². The summed E-state index contributed by atoms with van der Waals surface area (Å²) in [7, 11) is 0. The first kappa shape index (κ1) is 17.3. The van der Waals surface area contributed by atoms with Gasteiger partial charge in [-0.05, 0) is 25.3 Å². The fraction of sp³-hybridized carbons (Fsp3) is 0.500. The Balaban J connectivity index is 1.41. The highest BCUT2D eigenvalue weighted by atomic mass is 35.5. The number of ether oxygens (including phenoxy) is 1. The summed E-state index contributed by atoms with van der Waals surface area (Å²) in [6.45, 7) is 3.00. The summed E-state index contributed by atoms with van der Waals surface area (Å²) in [5, 5.41) is 8.01. The molecule has 7 nitrogen and oxygen atoms in total. The summed E-state index contributed by atoms with van der Waals surface area (Å²) in [4.78, 5) is 19.0. The second-order valence-electron chi connectivity index (χ2n) is 6.80. The van der Waals surface area contributed by atoms with Gasteiger partial charge in [0, 0.05) is 38.0 Å². The van der Waals surface area contributed by atoms with Gasteiger partial charge in [0.05, 0.1) is 41.4 Å². The zero-order valence-corrected chi connectivity index (χ0v) is 15.2. The van der Waals surface area contributed by atoms with Crippen LogP contribution >= 0.6 is 11.6 Å². The standard InChI is InChI=1S/C18H22ClN5O2/c19-14-9-21-24(11-14)16-1-5-20-10-17(16)23-6-2-13(3-7-23)18(25)22-15-4-8-26-12-15/h1,5,9-11,13,15H,2-4,6-8,12H2,(H,22,25)/t15-/m1/s1. The van der Waals surface area contributed by atoms with Crippen molar-refractivity contribution in [1.29, 1.82) is 0 Å². The van der Waals surface area contributed by atoms with Gasteiger partial charge in [-0.3, -0.25) is 9.78 Å². The van der Waals surface area contributed by atoms with Gasteiger partial charge in [-0.15, -0.1) is 0 Å². The van der Waals surface area contributed by atoms with E-state index in [0.717, 1.165) is 50.3 Å². The number of anilines is 1. The maximum absolute atomic E-state index is 12.5. The van der Waals surface area contributed by atoms with Crippen LogP contribution in [0.25, 0.3) is 5.69 Å². The van der Waals surface area contributed by atoms with E-state index in [1.807, 2.05) is 12.3 Å². The van der Waals surface area contributed by atoms with Crippen LogP contribution in [0.1, 0.15) is 19.3 Å². The zero-order chi connectivity index (χ0) is 17.9. The lowest BCUT2D eigenvalue weighted by molar-refractivity contribution is -0.126. The first-order chi connectivity index (χ1) is 12.7. The molecule has 26 heavy (non-hydrogen) atoms. The minimum absolute atomic E-state index is 0.0612. The molecule has 2 aromatic rings. The average Bonchev–Trinajstić information content (AvgIpc) is 3.33. The van der Waals surface area contributed by atoms with Crippen LogP contribution in [0.5, 0.6) is 0 Å². The van der Waals surface area contributed by atoms with Gasteiger partial charge in [0.2, 0.25) is 5.91 Å². The van der Waals surface area contributed by atoms with E-state index < -0.39 is 0 Å². The van der Waals surface area contributed by atoms with Gasteiger partial charge in [-0.1, -0.05) is 11.6 Å². The van der Waals surface area contributed by atoms with Crippen molar-refractivity contribution in [1.82, 2.24) is 20.1 Å². The zero-order valence-electron chi connectivity index (χ0n) is 14.5. The minimum atomic E-state index is 0.0612. The van der Waals surface area contributed by atoms with E-state index in [2.05, 4.69) is 20.3 Å². The summed E-state index contributed by atoms with van der Waals surface area (Å²) in [6, 6.07) is 2.10. The molecule has 2 fully saturated rings. The lowest BCUT2D eigenvalue weighted by Gasteiger charge is -2.34. The maximum Gasteiger partial charge on any atom is 0.223 e. The highest BCUT2D eigenvalue weighted by Gasteiger charge is 2.28. The second kappa shape index (κ2) is 7.63. The molecule has 8 heteroatoms. The van der Waals surface area contributed by atoms with Crippen LogP contribution in [0.3, 0.4) is 0 Å². The summed E-state index contributed by atoms with van der Waals surface area (Å²) in [5.74, 6) is 0.219. The van der Waals surface area contributed by atoms with Crippen molar-refractivity contribution in [2.45, 2.75) is 25.3 Å².